The number of carbonyl (C=O) groups excluding carboxylic acids is 2. The van der Waals surface area contributed by atoms with Crippen molar-refractivity contribution in [2.75, 3.05) is 19.6 Å². The van der Waals surface area contributed by atoms with E-state index < -0.39 is 0 Å². The number of halogens is 2. The van der Waals surface area contributed by atoms with Crippen LogP contribution in [-0.2, 0) is 4.79 Å². The highest BCUT2D eigenvalue weighted by Gasteiger charge is 2.27. The summed E-state index contributed by atoms with van der Waals surface area (Å²) in [6.45, 7) is 1.54. The lowest BCUT2D eigenvalue weighted by Gasteiger charge is -2.36. The molecule has 5 nitrogen and oxygen atoms in total. The van der Waals surface area contributed by atoms with Crippen LogP contribution in [0.5, 0.6) is 0 Å². The number of hydrogen-bond acceptors (Lipinski definition) is 3. The van der Waals surface area contributed by atoms with Crippen LogP contribution in [0.2, 0.25) is 5.02 Å². The van der Waals surface area contributed by atoms with Crippen LogP contribution in [0.4, 0.5) is 0 Å². The SMILES string of the molecule is Cl.NCCC(=O)NCC1CCCCN1C(=O)c1ccc(Cl)cc1. The lowest BCUT2D eigenvalue weighted by Crippen LogP contribution is -2.49. The Balaban J connectivity index is 0.00000264. The predicted molar refractivity (Wildman–Crippen MR) is 94.1 cm³/mol. The molecule has 128 valence electrons. The standard InChI is InChI=1S/C16H22ClN3O2.ClH/c17-13-6-4-12(5-7-13)16(22)20-10-2-1-3-14(20)11-19-15(21)8-9-18;/h4-7,14H,1-3,8-11,18H2,(H,19,21);1H. The van der Waals surface area contributed by atoms with Gasteiger partial charge >= 0.3 is 0 Å². The van der Waals surface area contributed by atoms with Gasteiger partial charge in [-0.25, -0.2) is 0 Å². The third-order valence-electron chi connectivity index (χ3n) is 3.89. The minimum Gasteiger partial charge on any atom is -0.354 e. The largest absolute Gasteiger partial charge is 0.354 e. The molecular formula is C16H23Cl2N3O2. The van der Waals surface area contributed by atoms with Gasteiger partial charge in [0.1, 0.15) is 0 Å². The number of piperidine rings is 1. The minimum atomic E-state index is -0.0630. The quantitative estimate of drug-likeness (QED) is 0.846. The zero-order valence-corrected chi connectivity index (χ0v) is 14.5. The van der Waals surface area contributed by atoms with Crippen molar-refractivity contribution in [3.05, 3.63) is 34.9 Å². The maximum Gasteiger partial charge on any atom is 0.254 e. The second-order valence-electron chi connectivity index (χ2n) is 5.50. The predicted octanol–water partition coefficient (Wildman–Crippen LogP) is 2.22. The number of nitrogens with one attached hydrogen (secondary N) is 1. The Morgan fingerprint density at radius 3 is 2.61 bits per heavy atom. The van der Waals surface area contributed by atoms with Gasteiger partial charge in [-0.15, -0.1) is 12.4 Å². The van der Waals surface area contributed by atoms with E-state index >= 15 is 0 Å². The maximum absolute atomic E-state index is 12.6. The van der Waals surface area contributed by atoms with E-state index in [0.29, 0.717) is 30.1 Å². The molecular weight excluding hydrogens is 337 g/mol. The summed E-state index contributed by atoms with van der Waals surface area (Å²) in [6, 6.07) is 6.96. The Morgan fingerprint density at radius 1 is 1.26 bits per heavy atom. The van der Waals surface area contributed by atoms with Crippen LogP contribution in [0.15, 0.2) is 24.3 Å². The summed E-state index contributed by atoms with van der Waals surface area (Å²) in [5.41, 5.74) is 5.99. The first kappa shape index (κ1) is 19.7. The van der Waals surface area contributed by atoms with Gasteiger partial charge in [0.25, 0.3) is 5.91 Å². The number of amides is 2. The van der Waals surface area contributed by atoms with Crippen molar-refractivity contribution in [3.63, 3.8) is 0 Å². The van der Waals surface area contributed by atoms with Crippen molar-refractivity contribution in [3.8, 4) is 0 Å². The maximum atomic E-state index is 12.6. The lowest BCUT2D eigenvalue weighted by atomic mass is 10.0. The fraction of sp³-hybridized carbons (Fsp3) is 0.500. The zero-order valence-electron chi connectivity index (χ0n) is 13.0. The molecule has 23 heavy (non-hydrogen) atoms. The number of nitrogens with zero attached hydrogens (tertiary/aromatic N) is 1. The Morgan fingerprint density at radius 2 is 1.96 bits per heavy atom. The molecule has 1 fully saturated rings. The van der Waals surface area contributed by atoms with E-state index in [1.54, 1.807) is 24.3 Å². The van der Waals surface area contributed by atoms with E-state index in [-0.39, 0.29) is 30.3 Å². The molecule has 0 saturated carbocycles. The molecule has 1 aliphatic rings. The minimum absolute atomic E-state index is 0. The van der Waals surface area contributed by atoms with Crippen molar-refractivity contribution in [2.24, 2.45) is 5.73 Å². The molecule has 2 rings (SSSR count). The first-order valence-corrected chi connectivity index (χ1v) is 8.03. The third-order valence-corrected chi connectivity index (χ3v) is 4.14. The molecule has 0 aliphatic carbocycles. The Kier molecular flexibility index (Phi) is 8.37. The van der Waals surface area contributed by atoms with Crippen LogP contribution in [0.25, 0.3) is 0 Å². The zero-order chi connectivity index (χ0) is 15.9. The van der Waals surface area contributed by atoms with E-state index in [1.165, 1.54) is 0 Å². The molecule has 1 unspecified atom stereocenters. The van der Waals surface area contributed by atoms with Gasteiger partial charge in [-0.05, 0) is 43.5 Å². The van der Waals surface area contributed by atoms with Crippen LogP contribution in [0, 0.1) is 0 Å². The highest BCUT2D eigenvalue weighted by atomic mass is 35.5. The number of carbonyl (C=O) groups is 2. The van der Waals surface area contributed by atoms with Gasteiger partial charge in [0.05, 0.1) is 0 Å². The Labute approximate surface area is 148 Å². The van der Waals surface area contributed by atoms with Gasteiger partial charge in [0.2, 0.25) is 5.91 Å². The number of rotatable bonds is 5. The highest BCUT2D eigenvalue weighted by Crippen LogP contribution is 2.20. The van der Waals surface area contributed by atoms with Crippen LogP contribution >= 0.6 is 24.0 Å². The van der Waals surface area contributed by atoms with E-state index in [1.807, 2.05) is 4.90 Å². The second kappa shape index (κ2) is 9.75. The second-order valence-corrected chi connectivity index (χ2v) is 5.93. The summed E-state index contributed by atoms with van der Waals surface area (Å²) in [5, 5.41) is 3.48. The van der Waals surface area contributed by atoms with Crippen LogP contribution in [0.1, 0.15) is 36.0 Å². The van der Waals surface area contributed by atoms with Crippen molar-refractivity contribution < 1.29 is 9.59 Å². The normalized spacial score (nSPS) is 17.3. The Bertz CT molecular complexity index is 523. The molecule has 0 radical (unpaired) electrons. The van der Waals surface area contributed by atoms with Crippen LogP contribution < -0.4 is 11.1 Å². The first-order valence-electron chi connectivity index (χ1n) is 7.65. The van der Waals surface area contributed by atoms with E-state index in [0.717, 1.165) is 25.8 Å². The number of benzene rings is 1. The smallest absolute Gasteiger partial charge is 0.254 e. The van der Waals surface area contributed by atoms with Crippen molar-refractivity contribution in [2.45, 2.75) is 31.7 Å². The molecule has 0 aromatic heterocycles. The highest BCUT2D eigenvalue weighted by molar-refractivity contribution is 6.30. The summed E-state index contributed by atoms with van der Waals surface area (Å²) in [5.74, 6) is -0.0681. The average molecular weight is 360 g/mol. The summed E-state index contributed by atoms with van der Waals surface area (Å²) < 4.78 is 0. The van der Waals surface area contributed by atoms with Crippen LogP contribution in [0.3, 0.4) is 0 Å². The van der Waals surface area contributed by atoms with Crippen molar-refractivity contribution >= 4 is 35.8 Å². The summed E-state index contributed by atoms with van der Waals surface area (Å²) >= 11 is 5.86. The van der Waals surface area contributed by atoms with Gasteiger partial charge in [0, 0.05) is 42.7 Å². The molecule has 0 bridgehead atoms. The van der Waals surface area contributed by atoms with Gasteiger partial charge in [-0.3, -0.25) is 9.59 Å². The molecule has 1 atom stereocenters. The van der Waals surface area contributed by atoms with Gasteiger partial charge in [0.15, 0.2) is 0 Å². The molecule has 1 aromatic carbocycles. The van der Waals surface area contributed by atoms with Gasteiger partial charge < -0.3 is 16.0 Å². The fourth-order valence-corrected chi connectivity index (χ4v) is 2.82. The van der Waals surface area contributed by atoms with E-state index in [4.69, 9.17) is 17.3 Å². The molecule has 1 aliphatic heterocycles. The summed E-state index contributed by atoms with van der Waals surface area (Å²) in [6.07, 6.45) is 3.29. The third kappa shape index (κ3) is 5.68. The van der Waals surface area contributed by atoms with E-state index in [2.05, 4.69) is 5.32 Å². The topological polar surface area (TPSA) is 75.4 Å². The van der Waals surface area contributed by atoms with Crippen molar-refractivity contribution in [1.82, 2.24) is 10.2 Å². The first-order chi connectivity index (χ1) is 10.6. The fourth-order valence-electron chi connectivity index (χ4n) is 2.69. The lowest BCUT2D eigenvalue weighted by molar-refractivity contribution is -0.121. The molecule has 7 heteroatoms. The molecule has 3 N–H and O–H groups in total. The summed E-state index contributed by atoms with van der Waals surface area (Å²) in [4.78, 5) is 26.1. The van der Waals surface area contributed by atoms with Gasteiger partial charge in [-0.1, -0.05) is 11.6 Å². The van der Waals surface area contributed by atoms with Gasteiger partial charge in [-0.2, -0.15) is 0 Å². The summed E-state index contributed by atoms with van der Waals surface area (Å²) in [7, 11) is 0. The monoisotopic (exact) mass is 359 g/mol. The van der Waals surface area contributed by atoms with Crippen molar-refractivity contribution in [1.29, 1.82) is 0 Å². The molecule has 1 saturated heterocycles. The Hall–Kier alpha value is -1.30. The molecule has 2 amide bonds. The number of nitrogens with two attached hydrogens (primary N) is 1. The average Bonchev–Trinajstić information content (AvgIpc) is 2.53. The van der Waals surface area contributed by atoms with Crippen LogP contribution in [-0.4, -0.2) is 42.4 Å². The number of hydrogen-bond donors (Lipinski definition) is 2. The molecule has 1 heterocycles. The molecule has 1 aromatic rings. The van der Waals surface area contributed by atoms with E-state index in [9.17, 15) is 9.59 Å². The number of likely N-dealkylation sites (tertiary alicyclic amines) is 1. The molecule has 0 spiro atoms.